The number of para-hydroxylation sites is 1. The van der Waals surface area contributed by atoms with E-state index in [1.165, 1.54) is 5.56 Å². The van der Waals surface area contributed by atoms with Crippen molar-refractivity contribution in [1.82, 2.24) is 5.32 Å². The van der Waals surface area contributed by atoms with Crippen LogP contribution in [0.3, 0.4) is 0 Å². The molecule has 0 unspecified atom stereocenters. The van der Waals surface area contributed by atoms with Gasteiger partial charge in [0.2, 0.25) is 0 Å². The van der Waals surface area contributed by atoms with Gasteiger partial charge in [0.25, 0.3) is 5.91 Å². The van der Waals surface area contributed by atoms with Crippen molar-refractivity contribution in [1.29, 1.82) is 0 Å². The van der Waals surface area contributed by atoms with Crippen LogP contribution in [0.1, 0.15) is 26.1 Å². The summed E-state index contributed by atoms with van der Waals surface area (Å²) in [6.45, 7) is 0.156. The first-order chi connectivity index (χ1) is 13.7. The molecular weight excluding hydrogens is 394 g/mol. The molecule has 148 valence electrons. The predicted octanol–water partition coefficient (Wildman–Crippen LogP) is 3.69. The molecule has 0 bridgehead atoms. The number of hydrogen-bond donors (Lipinski definition) is 1. The van der Waals surface area contributed by atoms with Crippen LogP contribution in [0.2, 0.25) is 0 Å². The molecule has 0 aliphatic carbocycles. The van der Waals surface area contributed by atoms with Crippen molar-refractivity contribution in [2.75, 3.05) is 31.8 Å². The lowest BCUT2D eigenvalue weighted by Crippen LogP contribution is -2.30. The number of methoxy groups -OCH3 is 1. The summed E-state index contributed by atoms with van der Waals surface area (Å²) in [5, 5.41) is 2.76. The van der Waals surface area contributed by atoms with Crippen molar-refractivity contribution in [2.45, 2.75) is 11.0 Å². The molecule has 1 heterocycles. The van der Waals surface area contributed by atoms with Gasteiger partial charge in [-0.05, 0) is 35.7 Å². The van der Waals surface area contributed by atoms with E-state index in [-0.39, 0.29) is 12.5 Å². The first kappa shape index (κ1) is 20.6. The highest BCUT2D eigenvalue weighted by atomic mass is 32.2. The van der Waals surface area contributed by atoms with Crippen LogP contribution in [-0.2, 0) is 16.0 Å². The minimum atomic E-state index is -0.488. The zero-order chi connectivity index (χ0) is 19.8. The zero-order valence-corrected chi connectivity index (χ0v) is 17.3. The van der Waals surface area contributed by atoms with Crippen molar-refractivity contribution in [3.8, 4) is 5.75 Å². The standard InChI is InChI=1S/C21H23NO4S2/c1-25-18-5-3-2-4-15(18)10-11-22-19(23)14-26-20(24)16-6-8-17(9-7-16)21-27-12-13-28-21/h2-9,21H,10-14H2,1H3,(H,22,23). The number of thioether (sulfide) groups is 2. The molecule has 28 heavy (non-hydrogen) atoms. The highest BCUT2D eigenvalue weighted by Gasteiger charge is 2.18. The average molecular weight is 418 g/mol. The summed E-state index contributed by atoms with van der Waals surface area (Å²) in [4.78, 5) is 24.1. The topological polar surface area (TPSA) is 64.6 Å². The average Bonchev–Trinajstić information content (AvgIpc) is 3.27. The van der Waals surface area contributed by atoms with Gasteiger partial charge in [-0.2, -0.15) is 0 Å². The molecule has 1 aliphatic heterocycles. The van der Waals surface area contributed by atoms with E-state index in [4.69, 9.17) is 9.47 Å². The molecule has 1 N–H and O–H groups in total. The predicted molar refractivity (Wildman–Crippen MR) is 114 cm³/mol. The van der Waals surface area contributed by atoms with E-state index >= 15 is 0 Å². The summed E-state index contributed by atoms with van der Waals surface area (Å²) in [5.41, 5.74) is 2.68. The van der Waals surface area contributed by atoms with Gasteiger partial charge in [0.15, 0.2) is 6.61 Å². The van der Waals surface area contributed by atoms with Gasteiger partial charge in [-0.15, -0.1) is 23.5 Å². The highest BCUT2D eigenvalue weighted by molar-refractivity contribution is 8.19. The van der Waals surface area contributed by atoms with Crippen LogP contribution in [0.4, 0.5) is 0 Å². The van der Waals surface area contributed by atoms with E-state index in [9.17, 15) is 9.59 Å². The Hall–Kier alpha value is -2.12. The summed E-state index contributed by atoms with van der Waals surface area (Å²) in [7, 11) is 1.62. The zero-order valence-electron chi connectivity index (χ0n) is 15.7. The van der Waals surface area contributed by atoms with Crippen LogP contribution in [-0.4, -0.2) is 43.6 Å². The van der Waals surface area contributed by atoms with E-state index in [0.717, 1.165) is 22.8 Å². The van der Waals surface area contributed by atoms with E-state index in [1.54, 1.807) is 19.2 Å². The van der Waals surface area contributed by atoms with E-state index in [1.807, 2.05) is 59.9 Å². The Morgan fingerprint density at radius 3 is 2.50 bits per heavy atom. The molecular formula is C21H23NO4S2. The monoisotopic (exact) mass is 417 g/mol. The molecule has 3 rings (SSSR count). The van der Waals surface area contributed by atoms with E-state index in [0.29, 0.717) is 23.1 Å². The number of benzene rings is 2. The summed E-state index contributed by atoms with van der Waals surface area (Å²) < 4.78 is 10.8. The lowest BCUT2D eigenvalue weighted by molar-refractivity contribution is -0.124. The van der Waals surface area contributed by atoms with Gasteiger partial charge in [0.05, 0.1) is 17.3 Å². The van der Waals surface area contributed by atoms with Crippen molar-refractivity contribution in [2.24, 2.45) is 0 Å². The molecule has 1 amide bonds. The number of hydrogen-bond acceptors (Lipinski definition) is 6. The minimum Gasteiger partial charge on any atom is -0.496 e. The van der Waals surface area contributed by atoms with Crippen LogP contribution in [0.5, 0.6) is 5.75 Å². The number of carbonyl (C=O) groups is 2. The molecule has 1 aliphatic rings. The van der Waals surface area contributed by atoms with Crippen LogP contribution in [0, 0.1) is 0 Å². The first-order valence-electron chi connectivity index (χ1n) is 9.06. The lowest BCUT2D eigenvalue weighted by Gasteiger charge is -2.10. The van der Waals surface area contributed by atoms with E-state index < -0.39 is 5.97 Å². The van der Waals surface area contributed by atoms with Crippen LogP contribution >= 0.6 is 23.5 Å². The normalized spacial score (nSPS) is 13.9. The second kappa shape index (κ2) is 10.4. The van der Waals surface area contributed by atoms with E-state index in [2.05, 4.69) is 5.32 Å². The van der Waals surface area contributed by atoms with Crippen molar-refractivity contribution in [3.05, 3.63) is 65.2 Å². The molecule has 0 atom stereocenters. The molecule has 2 aromatic carbocycles. The molecule has 0 spiro atoms. The van der Waals surface area contributed by atoms with Crippen molar-refractivity contribution >= 4 is 35.4 Å². The van der Waals surface area contributed by atoms with Gasteiger partial charge < -0.3 is 14.8 Å². The number of rotatable bonds is 8. The number of ether oxygens (including phenoxy) is 2. The summed E-state index contributed by atoms with van der Waals surface area (Å²) in [5.74, 6) is 2.30. The maximum Gasteiger partial charge on any atom is 0.338 e. The fourth-order valence-corrected chi connectivity index (χ4v) is 5.70. The molecule has 2 aromatic rings. The van der Waals surface area contributed by atoms with Gasteiger partial charge in [-0.1, -0.05) is 30.3 Å². The van der Waals surface area contributed by atoms with Gasteiger partial charge >= 0.3 is 5.97 Å². The molecule has 0 aromatic heterocycles. The molecule has 1 fully saturated rings. The Labute approximate surface area is 173 Å². The van der Waals surface area contributed by atoms with Gasteiger partial charge in [-0.3, -0.25) is 4.79 Å². The summed E-state index contributed by atoms with van der Waals surface area (Å²) in [6, 6.07) is 15.1. The third-order valence-electron chi connectivity index (χ3n) is 4.28. The number of carbonyl (C=O) groups excluding carboxylic acids is 2. The Bertz CT molecular complexity index is 804. The smallest absolute Gasteiger partial charge is 0.338 e. The second-order valence-corrected chi connectivity index (χ2v) is 8.91. The lowest BCUT2D eigenvalue weighted by atomic mass is 10.1. The summed E-state index contributed by atoms with van der Waals surface area (Å²) >= 11 is 3.84. The minimum absolute atomic E-state index is 0.291. The Kier molecular flexibility index (Phi) is 7.68. The quantitative estimate of drug-likeness (QED) is 0.661. The van der Waals surface area contributed by atoms with Crippen LogP contribution in [0.25, 0.3) is 0 Å². The largest absolute Gasteiger partial charge is 0.496 e. The number of esters is 1. The Balaban J connectivity index is 1.40. The third-order valence-corrected chi connectivity index (χ3v) is 7.39. The number of amides is 1. The second-order valence-electron chi connectivity index (χ2n) is 6.18. The first-order valence-corrected chi connectivity index (χ1v) is 11.2. The Morgan fingerprint density at radius 2 is 1.79 bits per heavy atom. The van der Waals surface area contributed by atoms with Gasteiger partial charge in [0, 0.05) is 18.1 Å². The fourth-order valence-electron chi connectivity index (χ4n) is 2.84. The molecule has 0 radical (unpaired) electrons. The maximum atomic E-state index is 12.1. The highest BCUT2D eigenvalue weighted by Crippen LogP contribution is 2.45. The van der Waals surface area contributed by atoms with Crippen molar-refractivity contribution < 1.29 is 19.1 Å². The number of nitrogens with one attached hydrogen (secondary N) is 1. The van der Waals surface area contributed by atoms with Crippen molar-refractivity contribution in [3.63, 3.8) is 0 Å². The van der Waals surface area contributed by atoms with Crippen LogP contribution < -0.4 is 10.1 Å². The molecule has 5 nitrogen and oxygen atoms in total. The van der Waals surface area contributed by atoms with Crippen LogP contribution in [0.15, 0.2) is 48.5 Å². The third kappa shape index (κ3) is 5.69. The van der Waals surface area contributed by atoms with Gasteiger partial charge in [0.1, 0.15) is 5.75 Å². The summed E-state index contributed by atoms with van der Waals surface area (Å²) in [6.07, 6.45) is 0.641. The molecule has 0 saturated carbocycles. The fraction of sp³-hybridized carbons (Fsp3) is 0.333. The Morgan fingerprint density at radius 1 is 1.07 bits per heavy atom. The van der Waals surface area contributed by atoms with Gasteiger partial charge in [-0.25, -0.2) is 4.79 Å². The molecule has 7 heteroatoms. The molecule has 1 saturated heterocycles. The SMILES string of the molecule is COc1ccccc1CCNC(=O)COC(=O)c1ccc(C2SCCS2)cc1. The maximum absolute atomic E-state index is 12.1.